The highest BCUT2D eigenvalue weighted by Crippen LogP contribution is 2.55. The van der Waals surface area contributed by atoms with Crippen molar-refractivity contribution < 1.29 is 27.8 Å². The number of nitrogens with zero attached hydrogens (tertiary/aromatic N) is 1. The fourth-order valence-electron chi connectivity index (χ4n) is 1.98. The lowest BCUT2D eigenvalue weighted by atomic mass is 10.2. The minimum atomic E-state index is -3.52. The number of rotatable bonds is 9. The molecule has 150 valence electrons. The summed E-state index contributed by atoms with van der Waals surface area (Å²) in [4.78, 5) is 1.60. The van der Waals surface area contributed by atoms with Crippen LogP contribution < -0.4 is 0 Å². The van der Waals surface area contributed by atoms with Gasteiger partial charge in [-0.1, -0.05) is 0 Å². The molecule has 0 radical (unpaired) electrons. The molecule has 25 heavy (non-hydrogen) atoms. The molecule has 1 N–H and O–H groups in total. The van der Waals surface area contributed by atoms with Crippen LogP contribution in [0, 0.1) is 0 Å². The van der Waals surface area contributed by atoms with E-state index in [1.165, 1.54) is 0 Å². The third kappa shape index (κ3) is 13.9. The molecule has 1 unspecified atom stereocenters. The smallest absolute Gasteiger partial charge is 0.395 e. The normalized spacial score (nSPS) is 14.9. The quantitative estimate of drug-likeness (QED) is 0.567. The summed E-state index contributed by atoms with van der Waals surface area (Å²) in [5.41, 5.74) is -1.89. The van der Waals surface area contributed by atoms with Crippen molar-refractivity contribution in [2.24, 2.45) is 0 Å². The van der Waals surface area contributed by atoms with Gasteiger partial charge in [-0.25, -0.2) is 4.90 Å². The van der Waals surface area contributed by atoms with E-state index in [2.05, 4.69) is 0 Å². The summed E-state index contributed by atoms with van der Waals surface area (Å²) < 4.78 is 42.4. The van der Waals surface area contributed by atoms with Crippen LogP contribution >= 0.6 is 15.6 Å². The Morgan fingerprint density at radius 1 is 0.920 bits per heavy atom. The van der Waals surface area contributed by atoms with E-state index >= 15 is 0 Å². The highest BCUT2D eigenvalue weighted by atomic mass is 31.2. The van der Waals surface area contributed by atoms with Gasteiger partial charge in [0.1, 0.15) is 11.9 Å². The maximum atomic E-state index is 13.3. The van der Waals surface area contributed by atoms with Gasteiger partial charge in [0, 0.05) is 6.54 Å². The van der Waals surface area contributed by atoms with Crippen LogP contribution in [0.25, 0.3) is 0 Å². The number of hydrogen-bond acceptors (Lipinski definition) is 7. The summed E-state index contributed by atoms with van der Waals surface area (Å²) in [7, 11) is -5.53. The SMILES string of the molecule is CC(C)(C)O[P+](=O)CN(CCO)CP(=O)(OC(C)(C)C)OC(C)(C)C. The zero-order chi connectivity index (χ0) is 20.1. The molecule has 0 aliphatic heterocycles. The standard InChI is InChI=1S/C16H36NO6P2/c1-14(2,3)21-24(19)12-17(10-11-18)13-25(20,22-15(4,5)6)23-16(7,8)9/h18H,10-13H2,1-9H3/q+1. The van der Waals surface area contributed by atoms with Crippen molar-refractivity contribution in [1.82, 2.24) is 4.90 Å². The first-order valence-electron chi connectivity index (χ1n) is 8.42. The van der Waals surface area contributed by atoms with Gasteiger partial charge in [-0.15, -0.1) is 4.52 Å². The third-order valence-corrected chi connectivity index (χ3v) is 6.09. The van der Waals surface area contributed by atoms with Crippen molar-refractivity contribution in [3.63, 3.8) is 0 Å². The van der Waals surface area contributed by atoms with Gasteiger partial charge in [0.25, 0.3) is 0 Å². The van der Waals surface area contributed by atoms with E-state index in [-0.39, 0.29) is 25.7 Å². The van der Waals surface area contributed by atoms with E-state index in [0.29, 0.717) is 0 Å². The second-order valence-electron chi connectivity index (χ2n) is 8.96. The summed E-state index contributed by atoms with van der Waals surface area (Å²) in [5.74, 6) is 0. The molecule has 0 bridgehead atoms. The lowest BCUT2D eigenvalue weighted by Crippen LogP contribution is -2.33. The predicted octanol–water partition coefficient (Wildman–Crippen LogP) is 4.58. The Kier molecular flexibility index (Phi) is 9.41. The molecule has 0 heterocycles. The Balaban J connectivity index is 5.28. The molecule has 0 amide bonds. The molecule has 0 aromatic carbocycles. The van der Waals surface area contributed by atoms with E-state index in [1.54, 1.807) is 46.4 Å². The van der Waals surface area contributed by atoms with Crippen molar-refractivity contribution in [3.8, 4) is 0 Å². The molecule has 0 saturated heterocycles. The fourth-order valence-corrected chi connectivity index (χ4v) is 5.93. The predicted molar refractivity (Wildman–Crippen MR) is 101 cm³/mol. The van der Waals surface area contributed by atoms with Gasteiger partial charge in [-0.2, -0.15) is 0 Å². The number of hydrogen-bond donors (Lipinski definition) is 1. The van der Waals surface area contributed by atoms with Crippen LogP contribution in [0.4, 0.5) is 0 Å². The van der Waals surface area contributed by atoms with Gasteiger partial charge in [-0.05, 0) is 66.9 Å². The number of aliphatic hydroxyl groups is 1. The zero-order valence-corrected chi connectivity index (χ0v) is 18.9. The molecular formula is C16H36NO6P2+. The van der Waals surface area contributed by atoms with E-state index < -0.39 is 32.4 Å². The zero-order valence-electron chi connectivity index (χ0n) is 17.2. The molecular weight excluding hydrogens is 364 g/mol. The highest BCUT2D eigenvalue weighted by Gasteiger charge is 2.39. The number of aliphatic hydroxyl groups excluding tert-OH is 1. The molecule has 0 fully saturated rings. The molecule has 0 aromatic heterocycles. The lowest BCUT2D eigenvalue weighted by Gasteiger charge is -2.33. The monoisotopic (exact) mass is 400 g/mol. The Labute approximate surface area is 153 Å². The van der Waals surface area contributed by atoms with Crippen molar-refractivity contribution in [2.75, 3.05) is 25.7 Å². The third-order valence-electron chi connectivity index (χ3n) is 2.31. The van der Waals surface area contributed by atoms with Crippen LogP contribution in [0.15, 0.2) is 0 Å². The second kappa shape index (κ2) is 9.36. The Morgan fingerprint density at radius 3 is 1.68 bits per heavy atom. The summed E-state index contributed by atoms with van der Waals surface area (Å²) in [5, 5.41) is 9.30. The highest BCUT2D eigenvalue weighted by molar-refractivity contribution is 7.53. The molecule has 1 atom stereocenters. The molecule has 0 aliphatic carbocycles. The van der Waals surface area contributed by atoms with Gasteiger partial charge in [0.05, 0.1) is 17.8 Å². The fraction of sp³-hybridized carbons (Fsp3) is 1.00. The van der Waals surface area contributed by atoms with Gasteiger partial charge in [-0.3, -0.25) is 4.57 Å². The second-order valence-corrected chi connectivity index (χ2v) is 12.0. The van der Waals surface area contributed by atoms with Crippen LogP contribution in [0.1, 0.15) is 62.3 Å². The minimum Gasteiger partial charge on any atom is -0.395 e. The largest absolute Gasteiger partial charge is 0.524 e. The van der Waals surface area contributed by atoms with Crippen LogP contribution in [0.5, 0.6) is 0 Å². The van der Waals surface area contributed by atoms with Gasteiger partial charge < -0.3 is 14.2 Å². The maximum absolute atomic E-state index is 13.3. The summed E-state index contributed by atoms with van der Waals surface area (Å²) in [6.07, 6.45) is -0.0329. The van der Waals surface area contributed by atoms with Gasteiger partial charge >= 0.3 is 15.6 Å². The van der Waals surface area contributed by atoms with E-state index in [1.807, 2.05) is 20.8 Å². The first-order valence-corrected chi connectivity index (χ1v) is 11.5. The molecule has 0 rings (SSSR count). The van der Waals surface area contributed by atoms with Crippen molar-refractivity contribution >= 4 is 15.6 Å². The summed E-state index contributed by atoms with van der Waals surface area (Å²) in [6.45, 7) is 16.2. The summed E-state index contributed by atoms with van der Waals surface area (Å²) in [6, 6.07) is 0. The average molecular weight is 400 g/mol. The van der Waals surface area contributed by atoms with Crippen LogP contribution in [-0.2, 0) is 22.7 Å². The van der Waals surface area contributed by atoms with Gasteiger partial charge in [0.15, 0.2) is 0 Å². The Hall–Kier alpha value is 0.130. The molecule has 0 saturated carbocycles. The molecule has 9 heteroatoms. The van der Waals surface area contributed by atoms with Crippen molar-refractivity contribution in [3.05, 3.63) is 0 Å². The average Bonchev–Trinajstić information content (AvgIpc) is 2.18. The topological polar surface area (TPSA) is 85.3 Å². The van der Waals surface area contributed by atoms with Gasteiger partial charge in [0.2, 0.25) is 6.29 Å². The Bertz CT molecular complexity index is 456. The Morgan fingerprint density at radius 2 is 1.36 bits per heavy atom. The van der Waals surface area contributed by atoms with Crippen LogP contribution in [-0.4, -0.2) is 52.5 Å². The first-order chi connectivity index (χ1) is 10.9. The maximum Gasteiger partial charge on any atom is 0.524 e. The summed E-state index contributed by atoms with van der Waals surface area (Å²) >= 11 is 0. The lowest BCUT2D eigenvalue weighted by molar-refractivity contribution is 0.0432. The molecule has 7 nitrogen and oxygen atoms in total. The minimum absolute atomic E-state index is 0.0398. The van der Waals surface area contributed by atoms with Crippen molar-refractivity contribution in [1.29, 1.82) is 0 Å². The first kappa shape index (κ1) is 25.1. The van der Waals surface area contributed by atoms with E-state index in [0.717, 1.165) is 0 Å². The van der Waals surface area contributed by atoms with E-state index in [4.69, 9.17) is 13.6 Å². The van der Waals surface area contributed by atoms with Crippen LogP contribution in [0.3, 0.4) is 0 Å². The van der Waals surface area contributed by atoms with Crippen molar-refractivity contribution in [2.45, 2.75) is 79.1 Å². The molecule has 0 aromatic rings. The molecule has 0 spiro atoms. The van der Waals surface area contributed by atoms with E-state index in [9.17, 15) is 14.2 Å². The molecule has 0 aliphatic rings. The van der Waals surface area contributed by atoms with Crippen LogP contribution in [0.2, 0.25) is 0 Å².